The molecule has 4 nitrogen and oxygen atoms in total. The molecule has 1 amide bonds. The Bertz CT molecular complexity index is 924. The molecule has 0 radical (unpaired) electrons. The second-order valence-electron chi connectivity index (χ2n) is 5.04. The molecule has 6 heteroatoms. The molecule has 0 atom stereocenters. The predicted octanol–water partition coefficient (Wildman–Crippen LogP) is 4.05. The van der Waals surface area contributed by atoms with E-state index in [0.717, 1.165) is 26.7 Å². The minimum absolute atomic E-state index is 0.0600. The minimum Gasteiger partial charge on any atom is -0.346 e. The number of amides is 1. The van der Waals surface area contributed by atoms with Gasteiger partial charge in [0.05, 0.1) is 17.1 Å². The smallest absolute Gasteiger partial charge is 0.262 e. The number of carbonyl (C=O) groups excluding carboxylic acids is 1. The van der Waals surface area contributed by atoms with Gasteiger partial charge in [0.1, 0.15) is 0 Å². The minimum atomic E-state index is -0.0600. The summed E-state index contributed by atoms with van der Waals surface area (Å²) in [5.74, 6) is -0.0600. The summed E-state index contributed by atoms with van der Waals surface area (Å²) in [6, 6.07) is 11.9. The van der Waals surface area contributed by atoms with Crippen LogP contribution in [0.3, 0.4) is 0 Å². The van der Waals surface area contributed by atoms with E-state index in [1.54, 1.807) is 11.3 Å². The van der Waals surface area contributed by atoms with Gasteiger partial charge in [0.15, 0.2) is 4.96 Å². The summed E-state index contributed by atoms with van der Waals surface area (Å²) in [5.41, 5.74) is 2.89. The first-order chi connectivity index (χ1) is 11.3. The van der Waals surface area contributed by atoms with Crippen LogP contribution >= 0.6 is 22.7 Å². The summed E-state index contributed by atoms with van der Waals surface area (Å²) >= 11 is 3.04. The van der Waals surface area contributed by atoms with Crippen LogP contribution in [0, 0.1) is 0 Å². The lowest BCUT2D eigenvalue weighted by atomic mass is 10.1. The first-order valence-corrected chi connectivity index (χ1v) is 8.89. The molecule has 1 aromatic carbocycles. The third kappa shape index (κ3) is 2.78. The van der Waals surface area contributed by atoms with Crippen LogP contribution in [0.15, 0.2) is 59.6 Å². The van der Waals surface area contributed by atoms with Crippen molar-refractivity contribution in [2.24, 2.45) is 0 Å². The van der Waals surface area contributed by atoms with E-state index < -0.39 is 0 Å². The monoisotopic (exact) mass is 339 g/mol. The molecule has 4 aromatic rings. The summed E-state index contributed by atoms with van der Waals surface area (Å²) in [6.07, 6.45) is 3.91. The Morgan fingerprint density at radius 2 is 2.00 bits per heavy atom. The highest BCUT2D eigenvalue weighted by Crippen LogP contribution is 2.28. The lowest BCUT2D eigenvalue weighted by Gasteiger charge is -2.05. The van der Waals surface area contributed by atoms with Crippen LogP contribution in [0.5, 0.6) is 0 Å². The van der Waals surface area contributed by atoms with E-state index in [9.17, 15) is 4.79 Å². The van der Waals surface area contributed by atoms with E-state index in [1.165, 1.54) is 11.3 Å². The highest BCUT2D eigenvalue weighted by molar-refractivity contribution is 7.15. The molecule has 0 spiro atoms. The summed E-state index contributed by atoms with van der Waals surface area (Å²) in [7, 11) is 0. The highest BCUT2D eigenvalue weighted by Gasteiger charge is 2.14. The number of hydrogen-bond acceptors (Lipinski definition) is 4. The Balaban J connectivity index is 1.51. The number of carbonyl (C=O) groups is 1. The number of nitrogens with zero attached hydrogens (tertiary/aromatic N) is 2. The number of aromatic nitrogens is 2. The lowest BCUT2D eigenvalue weighted by molar-refractivity contribution is 0.0955. The molecule has 0 fully saturated rings. The maximum atomic E-state index is 12.5. The molecule has 0 unspecified atom stereocenters. The zero-order valence-electron chi connectivity index (χ0n) is 12.1. The third-order valence-corrected chi connectivity index (χ3v) is 5.21. The fourth-order valence-corrected chi connectivity index (χ4v) is 3.99. The Hall–Kier alpha value is -2.44. The molecule has 23 heavy (non-hydrogen) atoms. The predicted molar refractivity (Wildman–Crippen MR) is 94.0 cm³/mol. The van der Waals surface area contributed by atoms with Crippen molar-refractivity contribution >= 4 is 33.5 Å². The van der Waals surface area contributed by atoms with Crippen molar-refractivity contribution < 1.29 is 4.79 Å². The molecular formula is C17H13N3OS2. The molecule has 0 saturated heterocycles. The average Bonchev–Trinajstić information content (AvgIpc) is 3.28. The number of nitrogens with one attached hydrogen (secondary N) is 1. The van der Waals surface area contributed by atoms with Gasteiger partial charge < -0.3 is 5.32 Å². The van der Waals surface area contributed by atoms with E-state index in [-0.39, 0.29) is 5.91 Å². The number of fused-ring (bicyclic) bond motifs is 1. The van der Waals surface area contributed by atoms with Gasteiger partial charge in [-0.15, -0.1) is 22.7 Å². The molecule has 1 N–H and O–H groups in total. The Morgan fingerprint density at radius 1 is 1.13 bits per heavy atom. The standard InChI is InChI=1S/C17H13N3OS2/c21-16(18-10-13-11-20-7-9-23-17(20)19-13)15-14(6-8-22-15)12-4-2-1-3-5-12/h1-9,11H,10H2,(H,18,21). The molecule has 0 bridgehead atoms. The van der Waals surface area contributed by atoms with Gasteiger partial charge in [-0.25, -0.2) is 4.98 Å². The maximum Gasteiger partial charge on any atom is 0.262 e. The van der Waals surface area contributed by atoms with Crippen molar-refractivity contribution in [2.75, 3.05) is 0 Å². The molecule has 3 heterocycles. The number of thiophene rings is 1. The summed E-state index contributed by atoms with van der Waals surface area (Å²) in [5, 5.41) is 6.90. The topological polar surface area (TPSA) is 46.4 Å². The van der Waals surface area contributed by atoms with Crippen molar-refractivity contribution in [3.05, 3.63) is 70.1 Å². The molecule has 0 aliphatic carbocycles. The molecule has 114 valence electrons. The largest absolute Gasteiger partial charge is 0.346 e. The van der Waals surface area contributed by atoms with Gasteiger partial charge in [0.2, 0.25) is 0 Å². The Labute approximate surface area is 141 Å². The van der Waals surface area contributed by atoms with Crippen molar-refractivity contribution in [3.8, 4) is 11.1 Å². The van der Waals surface area contributed by atoms with Gasteiger partial charge in [-0.3, -0.25) is 9.20 Å². The van der Waals surface area contributed by atoms with E-state index in [1.807, 2.05) is 64.0 Å². The first-order valence-electron chi connectivity index (χ1n) is 7.13. The molecule has 0 saturated carbocycles. The highest BCUT2D eigenvalue weighted by atomic mass is 32.1. The van der Waals surface area contributed by atoms with Gasteiger partial charge >= 0.3 is 0 Å². The molecule has 4 rings (SSSR count). The Morgan fingerprint density at radius 3 is 2.83 bits per heavy atom. The van der Waals surface area contributed by atoms with Crippen molar-refractivity contribution in [1.82, 2.24) is 14.7 Å². The van der Waals surface area contributed by atoms with Crippen LogP contribution in [0.2, 0.25) is 0 Å². The van der Waals surface area contributed by atoms with Crippen LogP contribution in [0.4, 0.5) is 0 Å². The molecule has 0 aliphatic heterocycles. The lowest BCUT2D eigenvalue weighted by Crippen LogP contribution is -2.22. The van der Waals surface area contributed by atoms with E-state index in [2.05, 4.69) is 10.3 Å². The molecule has 0 aliphatic rings. The SMILES string of the molecule is O=C(NCc1cn2ccsc2n1)c1sccc1-c1ccccc1. The van der Waals surface area contributed by atoms with Gasteiger partial charge in [0.25, 0.3) is 5.91 Å². The second-order valence-corrected chi connectivity index (χ2v) is 6.83. The first kappa shape index (κ1) is 14.2. The zero-order chi connectivity index (χ0) is 15.6. The number of imidazole rings is 1. The molecular weight excluding hydrogens is 326 g/mol. The van der Waals surface area contributed by atoms with Gasteiger partial charge in [-0.1, -0.05) is 30.3 Å². The summed E-state index contributed by atoms with van der Waals surface area (Å²) in [6.45, 7) is 0.430. The van der Waals surface area contributed by atoms with Crippen LogP contribution in [0.25, 0.3) is 16.1 Å². The van der Waals surface area contributed by atoms with Gasteiger partial charge in [-0.2, -0.15) is 0 Å². The van der Waals surface area contributed by atoms with Crippen LogP contribution in [-0.4, -0.2) is 15.3 Å². The molecule has 3 aromatic heterocycles. The Kier molecular flexibility index (Phi) is 3.69. The van der Waals surface area contributed by atoms with E-state index in [0.29, 0.717) is 6.54 Å². The quantitative estimate of drug-likeness (QED) is 0.609. The third-order valence-electron chi connectivity index (χ3n) is 3.53. The van der Waals surface area contributed by atoms with Crippen molar-refractivity contribution in [1.29, 1.82) is 0 Å². The van der Waals surface area contributed by atoms with Crippen molar-refractivity contribution in [3.63, 3.8) is 0 Å². The van der Waals surface area contributed by atoms with Crippen molar-refractivity contribution in [2.45, 2.75) is 6.54 Å². The van der Waals surface area contributed by atoms with Gasteiger partial charge in [-0.05, 0) is 17.0 Å². The van der Waals surface area contributed by atoms with E-state index >= 15 is 0 Å². The van der Waals surface area contributed by atoms with Crippen LogP contribution < -0.4 is 5.32 Å². The average molecular weight is 339 g/mol. The number of thiazole rings is 1. The zero-order valence-corrected chi connectivity index (χ0v) is 13.7. The van der Waals surface area contributed by atoms with Gasteiger partial charge in [0, 0.05) is 23.3 Å². The fraction of sp³-hybridized carbons (Fsp3) is 0.0588. The number of rotatable bonds is 4. The number of benzene rings is 1. The van der Waals surface area contributed by atoms with E-state index in [4.69, 9.17) is 0 Å². The maximum absolute atomic E-state index is 12.5. The van der Waals surface area contributed by atoms with Crippen LogP contribution in [0.1, 0.15) is 15.4 Å². The normalized spacial score (nSPS) is 11.0. The summed E-state index contributed by atoms with van der Waals surface area (Å²) < 4.78 is 1.96. The number of hydrogen-bond donors (Lipinski definition) is 1. The van der Waals surface area contributed by atoms with Crippen LogP contribution in [-0.2, 0) is 6.54 Å². The fourth-order valence-electron chi connectivity index (χ4n) is 2.44. The summed E-state index contributed by atoms with van der Waals surface area (Å²) in [4.78, 5) is 18.6. The second kappa shape index (κ2) is 5.98.